The van der Waals surface area contributed by atoms with Crippen LogP contribution < -0.4 is 9.80 Å². The van der Waals surface area contributed by atoms with E-state index in [4.69, 9.17) is 0 Å². The largest absolute Gasteiger partial charge is 0.310 e. The third-order valence-electron chi connectivity index (χ3n) is 15.6. The van der Waals surface area contributed by atoms with Crippen LogP contribution in [-0.2, 0) is 0 Å². The Balaban J connectivity index is 1.08. The number of aromatic nitrogens is 2. The summed E-state index contributed by atoms with van der Waals surface area (Å²) in [6, 6.07) is 85.8. The molecule has 0 aliphatic rings. The molecule has 0 spiro atoms. The monoisotopic (exact) mass is 946 g/mol. The maximum atomic E-state index is 2.61. The summed E-state index contributed by atoms with van der Waals surface area (Å²) in [5.74, 6) is 0. The number of nitrogens with zero attached hydrogens (tertiary/aromatic N) is 4. The van der Waals surface area contributed by atoms with Crippen LogP contribution >= 0.6 is 0 Å². The Kier molecular flexibility index (Phi) is 9.19. The zero-order chi connectivity index (χ0) is 49.3. The van der Waals surface area contributed by atoms with Gasteiger partial charge in [0.15, 0.2) is 0 Å². The fourth-order valence-electron chi connectivity index (χ4n) is 12.9. The summed E-state index contributed by atoms with van der Waals surface area (Å²) in [5, 5.41) is 10.00. The molecule has 15 rings (SSSR count). The van der Waals surface area contributed by atoms with E-state index in [-0.39, 0.29) is 0 Å². The number of rotatable bonds is 8. The Hall–Kier alpha value is -9.38. The first-order chi connectivity index (χ1) is 36.4. The minimum atomic E-state index is 1.13. The first kappa shape index (κ1) is 42.3. The molecule has 4 aromatic heterocycles. The molecule has 74 heavy (non-hydrogen) atoms. The van der Waals surface area contributed by atoms with Crippen LogP contribution in [0.2, 0.25) is 0 Å². The van der Waals surface area contributed by atoms with Gasteiger partial charge in [-0.2, -0.15) is 0 Å². The van der Waals surface area contributed by atoms with Gasteiger partial charge in [0.1, 0.15) is 0 Å². The van der Waals surface area contributed by atoms with E-state index in [2.05, 4.69) is 277 Å². The summed E-state index contributed by atoms with van der Waals surface area (Å²) in [6.45, 7) is 8.76. The average molecular weight is 947 g/mol. The second-order valence-electron chi connectivity index (χ2n) is 20.4. The van der Waals surface area contributed by atoms with Crippen molar-refractivity contribution in [2.24, 2.45) is 0 Å². The quantitative estimate of drug-likeness (QED) is 0.151. The van der Waals surface area contributed by atoms with Crippen LogP contribution in [0.5, 0.6) is 0 Å². The van der Waals surface area contributed by atoms with E-state index in [1.54, 1.807) is 0 Å². The summed E-state index contributed by atoms with van der Waals surface area (Å²) in [6.07, 6.45) is 0. The molecule has 0 radical (unpaired) electrons. The van der Waals surface area contributed by atoms with E-state index < -0.39 is 0 Å². The number of fused-ring (bicyclic) bond motifs is 12. The molecule has 0 saturated heterocycles. The number of aryl methyl sites for hydroxylation is 4. The summed E-state index contributed by atoms with van der Waals surface area (Å²) in [7, 11) is 0. The maximum Gasteiger partial charge on any atom is 0.0634 e. The molecular formula is C70H50N4. The number of anilines is 6. The van der Waals surface area contributed by atoms with Gasteiger partial charge < -0.3 is 18.6 Å². The van der Waals surface area contributed by atoms with Gasteiger partial charge >= 0.3 is 0 Å². The highest BCUT2D eigenvalue weighted by Crippen LogP contribution is 2.55. The maximum absolute atomic E-state index is 2.61. The smallest absolute Gasteiger partial charge is 0.0634 e. The van der Waals surface area contributed by atoms with Crippen LogP contribution in [0.25, 0.3) is 98.4 Å². The van der Waals surface area contributed by atoms with E-state index in [0.29, 0.717) is 0 Å². The van der Waals surface area contributed by atoms with Crippen LogP contribution in [0, 0.1) is 27.7 Å². The predicted molar refractivity (Wildman–Crippen MR) is 315 cm³/mol. The van der Waals surface area contributed by atoms with Crippen LogP contribution in [0.3, 0.4) is 0 Å². The Labute approximate surface area is 429 Å². The van der Waals surface area contributed by atoms with Gasteiger partial charge in [-0.25, -0.2) is 0 Å². The van der Waals surface area contributed by atoms with Gasteiger partial charge in [-0.05, 0) is 146 Å². The lowest BCUT2D eigenvalue weighted by Gasteiger charge is -2.26. The van der Waals surface area contributed by atoms with Gasteiger partial charge in [-0.3, -0.25) is 0 Å². The van der Waals surface area contributed by atoms with Gasteiger partial charge in [0.2, 0.25) is 0 Å². The van der Waals surface area contributed by atoms with Crippen LogP contribution in [0.4, 0.5) is 34.1 Å². The van der Waals surface area contributed by atoms with E-state index in [1.807, 2.05) is 0 Å². The van der Waals surface area contributed by atoms with Gasteiger partial charge in [0.05, 0.1) is 33.1 Å². The summed E-state index contributed by atoms with van der Waals surface area (Å²) in [5.41, 5.74) is 24.1. The second kappa shape index (κ2) is 16.1. The highest BCUT2D eigenvalue weighted by atomic mass is 15.1. The third-order valence-corrected chi connectivity index (χ3v) is 15.6. The lowest BCUT2D eigenvalue weighted by molar-refractivity contribution is 1.25. The van der Waals surface area contributed by atoms with Crippen LogP contribution in [0.1, 0.15) is 22.3 Å². The summed E-state index contributed by atoms with van der Waals surface area (Å²) >= 11 is 0. The van der Waals surface area contributed by atoms with Crippen molar-refractivity contribution in [2.45, 2.75) is 27.7 Å². The fourth-order valence-corrected chi connectivity index (χ4v) is 12.9. The predicted octanol–water partition coefficient (Wildman–Crippen LogP) is 19.5. The summed E-state index contributed by atoms with van der Waals surface area (Å²) in [4.78, 5) is 4.82. The molecule has 4 heterocycles. The number of hydrogen-bond acceptors (Lipinski definition) is 2. The minimum absolute atomic E-state index is 1.13. The molecular weight excluding hydrogens is 897 g/mol. The van der Waals surface area contributed by atoms with Crippen molar-refractivity contribution in [1.29, 1.82) is 0 Å². The van der Waals surface area contributed by atoms with E-state index >= 15 is 0 Å². The lowest BCUT2D eigenvalue weighted by Crippen LogP contribution is -2.10. The number of para-hydroxylation sites is 4. The molecule has 0 atom stereocenters. The average Bonchev–Trinajstić information content (AvgIpc) is 4.18. The van der Waals surface area contributed by atoms with Crippen LogP contribution in [0.15, 0.2) is 231 Å². The second-order valence-corrected chi connectivity index (χ2v) is 20.4. The number of hydrogen-bond donors (Lipinski definition) is 0. The first-order valence-corrected chi connectivity index (χ1v) is 25.8. The molecule has 4 heteroatoms. The lowest BCUT2D eigenvalue weighted by atomic mass is 9.89. The molecule has 0 unspecified atom stereocenters. The van der Waals surface area contributed by atoms with Crippen molar-refractivity contribution in [3.05, 3.63) is 253 Å². The normalized spacial score (nSPS) is 12.1. The standard InChI is InChI=1S/C70H50N4/c1-43-35-44(2)38-53(37-43)71(49-23-13-7-14-24-49)51-31-33-61-59(41-51)55-27-17-29-57-65-64(48-21-11-6-12-22-48)70-66(63(47-19-9-5-10-20-47)69(65)73(61)67(55)57)58-30-18-28-56-60-42-52(32-34-62(60)74(70)68(56)58)72(50-25-15-8-16-26-50)54-39-45(3)36-46(4)40-54/h5-42H,1-4H3. The van der Waals surface area contributed by atoms with Crippen molar-refractivity contribution in [1.82, 2.24) is 8.80 Å². The van der Waals surface area contributed by atoms with Gasteiger partial charge in [-0.15, -0.1) is 0 Å². The zero-order valence-corrected chi connectivity index (χ0v) is 41.7. The van der Waals surface area contributed by atoms with Gasteiger partial charge in [-0.1, -0.05) is 146 Å². The Morgan fingerprint density at radius 3 is 0.986 bits per heavy atom. The van der Waals surface area contributed by atoms with E-state index in [1.165, 1.54) is 121 Å². The van der Waals surface area contributed by atoms with E-state index in [9.17, 15) is 0 Å². The molecule has 11 aromatic carbocycles. The zero-order valence-electron chi connectivity index (χ0n) is 41.7. The number of benzene rings is 11. The van der Waals surface area contributed by atoms with Crippen molar-refractivity contribution in [3.63, 3.8) is 0 Å². The highest BCUT2D eigenvalue weighted by Gasteiger charge is 2.31. The topological polar surface area (TPSA) is 15.3 Å². The third kappa shape index (κ3) is 6.15. The molecule has 0 aliphatic heterocycles. The molecule has 0 bridgehead atoms. The van der Waals surface area contributed by atoms with E-state index in [0.717, 1.165) is 34.1 Å². The molecule has 0 amide bonds. The minimum Gasteiger partial charge on any atom is -0.310 e. The molecule has 0 saturated carbocycles. The molecule has 4 nitrogen and oxygen atoms in total. The highest BCUT2D eigenvalue weighted by molar-refractivity contribution is 6.38. The molecule has 0 aliphatic carbocycles. The first-order valence-electron chi connectivity index (χ1n) is 25.8. The molecule has 0 fully saturated rings. The van der Waals surface area contributed by atoms with Crippen molar-refractivity contribution in [3.8, 4) is 22.3 Å². The summed E-state index contributed by atoms with van der Waals surface area (Å²) < 4.78 is 5.22. The SMILES string of the molecule is Cc1cc(C)cc(N(c2ccccc2)c2ccc3c(c2)c2cccc4c5c(-c6ccccc6)c6c(c(-c7ccccc7)c5n3c24)c2cccc3c4cc(N(c5ccccc5)c5cc(C)cc(C)c5)ccc4n6c32)c1. The van der Waals surface area contributed by atoms with Crippen molar-refractivity contribution in [2.75, 3.05) is 9.80 Å². The molecule has 0 N–H and O–H groups in total. The Morgan fingerprint density at radius 1 is 0.257 bits per heavy atom. The Morgan fingerprint density at radius 2 is 0.608 bits per heavy atom. The van der Waals surface area contributed by atoms with Gasteiger partial charge in [0.25, 0.3) is 0 Å². The van der Waals surface area contributed by atoms with Gasteiger partial charge in [0, 0.05) is 88.3 Å². The molecule has 15 aromatic rings. The van der Waals surface area contributed by atoms with Crippen molar-refractivity contribution < 1.29 is 0 Å². The Bertz CT molecular complexity index is 4340. The molecule has 350 valence electrons. The fraction of sp³-hybridized carbons (Fsp3) is 0.0571. The van der Waals surface area contributed by atoms with Crippen LogP contribution in [-0.4, -0.2) is 8.80 Å². The van der Waals surface area contributed by atoms with Crippen molar-refractivity contribution >= 4 is 110 Å².